The summed E-state index contributed by atoms with van der Waals surface area (Å²) in [6.45, 7) is 2.12. The molecule has 1 aliphatic heterocycles. The number of hydrogen-bond acceptors (Lipinski definition) is 5. The minimum atomic E-state index is -3.73. The lowest BCUT2D eigenvalue weighted by Crippen LogP contribution is -2.35. The number of benzene rings is 1. The lowest BCUT2D eigenvalue weighted by atomic mass is 10.0. The number of aryl methyl sites for hydroxylation is 1. The van der Waals surface area contributed by atoms with Crippen molar-refractivity contribution >= 4 is 44.6 Å². The largest absolute Gasteiger partial charge is 0.302 e. The molecular weight excluding hydrogens is 461 g/mol. The fourth-order valence-corrected chi connectivity index (χ4v) is 5.89. The second-order valence-electron chi connectivity index (χ2n) is 7.51. The van der Waals surface area contributed by atoms with E-state index in [4.69, 9.17) is 11.6 Å². The molecule has 2 aromatic rings. The summed E-state index contributed by atoms with van der Waals surface area (Å²) in [6, 6.07) is 8.36. The Labute approximate surface area is 191 Å². The first-order valence-corrected chi connectivity index (χ1v) is 12.7. The zero-order chi connectivity index (χ0) is 22.8. The Morgan fingerprint density at radius 2 is 2.03 bits per heavy atom. The molecule has 0 saturated carbocycles. The third kappa shape index (κ3) is 5.65. The number of thiophene rings is 1. The lowest BCUT2D eigenvalue weighted by molar-refractivity contribution is -0.114. The molecule has 1 aliphatic rings. The van der Waals surface area contributed by atoms with Crippen LogP contribution in [0.2, 0.25) is 4.34 Å². The lowest BCUT2D eigenvalue weighted by Gasteiger charge is -2.25. The summed E-state index contributed by atoms with van der Waals surface area (Å²) in [5.41, 5.74) is 0.886. The fraction of sp³-hybridized carbons (Fsp3) is 0.381. The van der Waals surface area contributed by atoms with Crippen LogP contribution in [-0.4, -0.2) is 45.6 Å². The van der Waals surface area contributed by atoms with Crippen molar-refractivity contribution in [2.24, 2.45) is 0 Å². The first-order valence-electron chi connectivity index (χ1n) is 9.84. The van der Waals surface area contributed by atoms with E-state index >= 15 is 0 Å². The second-order valence-corrected chi connectivity index (χ2v) is 11.2. The zero-order valence-corrected chi connectivity index (χ0v) is 20.0. The maximum Gasteiger partial charge on any atom is 0.275 e. The SMILES string of the molecule is CCC(c1ccc(N2CC=C(NS(=O)(=O)CCc3ccc(Cl)s3)C2=O)c(F)c1)N(C)C. The summed E-state index contributed by atoms with van der Waals surface area (Å²) in [7, 11) is 0.125. The van der Waals surface area contributed by atoms with Gasteiger partial charge in [-0.05, 0) is 62.8 Å². The number of anilines is 1. The number of amides is 1. The van der Waals surface area contributed by atoms with Crippen molar-refractivity contribution < 1.29 is 17.6 Å². The van der Waals surface area contributed by atoms with Crippen molar-refractivity contribution in [2.75, 3.05) is 31.3 Å². The van der Waals surface area contributed by atoms with Crippen molar-refractivity contribution in [3.63, 3.8) is 0 Å². The monoisotopic (exact) mass is 485 g/mol. The summed E-state index contributed by atoms with van der Waals surface area (Å²) < 4.78 is 42.6. The van der Waals surface area contributed by atoms with Crippen LogP contribution < -0.4 is 9.62 Å². The molecule has 0 radical (unpaired) electrons. The van der Waals surface area contributed by atoms with E-state index in [-0.39, 0.29) is 29.7 Å². The van der Waals surface area contributed by atoms with Gasteiger partial charge in [0.2, 0.25) is 10.0 Å². The maximum absolute atomic E-state index is 14.8. The van der Waals surface area contributed by atoms with Gasteiger partial charge < -0.3 is 9.80 Å². The third-order valence-corrected chi connectivity index (χ3v) is 7.69. The molecule has 3 rings (SSSR count). The Morgan fingerprint density at radius 1 is 1.29 bits per heavy atom. The highest BCUT2D eigenvalue weighted by atomic mass is 35.5. The molecule has 0 bridgehead atoms. The van der Waals surface area contributed by atoms with Gasteiger partial charge in [0, 0.05) is 17.5 Å². The molecule has 168 valence electrons. The molecule has 31 heavy (non-hydrogen) atoms. The highest BCUT2D eigenvalue weighted by Gasteiger charge is 2.30. The molecule has 0 aliphatic carbocycles. The Morgan fingerprint density at radius 3 is 2.61 bits per heavy atom. The van der Waals surface area contributed by atoms with E-state index in [1.54, 1.807) is 24.3 Å². The molecule has 0 fully saturated rings. The van der Waals surface area contributed by atoms with E-state index in [0.29, 0.717) is 10.8 Å². The van der Waals surface area contributed by atoms with Crippen LogP contribution in [0.25, 0.3) is 0 Å². The molecule has 0 spiro atoms. The van der Waals surface area contributed by atoms with E-state index in [2.05, 4.69) is 4.72 Å². The molecule has 1 amide bonds. The molecule has 1 unspecified atom stereocenters. The molecule has 1 atom stereocenters. The predicted molar refractivity (Wildman–Crippen MR) is 124 cm³/mol. The van der Waals surface area contributed by atoms with E-state index in [1.807, 2.05) is 25.9 Å². The molecule has 10 heteroatoms. The van der Waals surface area contributed by atoms with Crippen LogP contribution in [0.5, 0.6) is 0 Å². The number of nitrogens with one attached hydrogen (secondary N) is 1. The van der Waals surface area contributed by atoms with E-state index in [9.17, 15) is 17.6 Å². The summed E-state index contributed by atoms with van der Waals surface area (Å²) >= 11 is 7.18. The minimum absolute atomic E-state index is 0.0626. The first-order chi connectivity index (χ1) is 14.6. The molecule has 1 aromatic heterocycles. The molecule has 6 nitrogen and oxygen atoms in total. The van der Waals surface area contributed by atoms with Gasteiger partial charge in [-0.2, -0.15) is 0 Å². The Kier molecular flexibility index (Phi) is 7.41. The number of carbonyl (C=O) groups excluding carboxylic acids is 1. The summed E-state index contributed by atoms with van der Waals surface area (Å²) in [5.74, 6) is -1.27. The number of nitrogens with zero attached hydrogens (tertiary/aromatic N) is 2. The Bertz CT molecular complexity index is 1100. The normalized spacial score (nSPS) is 15.5. The zero-order valence-electron chi connectivity index (χ0n) is 17.6. The van der Waals surface area contributed by atoms with Crippen molar-refractivity contribution in [1.29, 1.82) is 0 Å². The quantitative estimate of drug-likeness (QED) is 0.584. The van der Waals surface area contributed by atoms with Crippen LogP contribution in [0.1, 0.15) is 29.8 Å². The van der Waals surface area contributed by atoms with Crippen LogP contribution in [0.4, 0.5) is 10.1 Å². The van der Waals surface area contributed by atoms with Crippen molar-refractivity contribution in [3.8, 4) is 0 Å². The number of carbonyl (C=O) groups is 1. The van der Waals surface area contributed by atoms with Crippen molar-refractivity contribution in [3.05, 3.63) is 62.7 Å². The van der Waals surface area contributed by atoms with Gasteiger partial charge in [-0.1, -0.05) is 24.6 Å². The molecular formula is C21H25ClFN3O3S2. The summed E-state index contributed by atoms with van der Waals surface area (Å²) in [5, 5.41) is 0. The van der Waals surface area contributed by atoms with Gasteiger partial charge in [0.15, 0.2) is 0 Å². The van der Waals surface area contributed by atoms with Crippen molar-refractivity contribution in [2.45, 2.75) is 25.8 Å². The number of hydrogen-bond donors (Lipinski definition) is 1. The molecule has 2 heterocycles. The smallest absolute Gasteiger partial charge is 0.275 e. The van der Waals surface area contributed by atoms with Crippen LogP contribution >= 0.6 is 22.9 Å². The van der Waals surface area contributed by atoms with Gasteiger partial charge in [0.25, 0.3) is 5.91 Å². The van der Waals surface area contributed by atoms with Crippen molar-refractivity contribution in [1.82, 2.24) is 9.62 Å². The first kappa shape index (κ1) is 23.7. The van der Waals surface area contributed by atoms with Gasteiger partial charge >= 0.3 is 0 Å². The Hall–Kier alpha value is -1.94. The van der Waals surface area contributed by atoms with E-state index < -0.39 is 21.7 Å². The highest BCUT2D eigenvalue weighted by molar-refractivity contribution is 7.89. The van der Waals surface area contributed by atoms with E-state index in [1.165, 1.54) is 28.4 Å². The summed E-state index contributed by atoms with van der Waals surface area (Å²) in [6.07, 6.45) is 2.57. The van der Waals surface area contributed by atoms with E-state index in [0.717, 1.165) is 16.9 Å². The van der Waals surface area contributed by atoms with Crippen LogP contribution in [0.3, 0.4) is 0 Å². The van der Waals surface area contributed by atoms with Gasteiger partial charge in [-0.3, -0.25) is 9.52 Å². The van der Waals surface area contributed by atoms with Crippen LogP contribution in [0, 0.1) is 5.82 Å². The number of rotatable bonds is 9. The number of halogens is 2. The third-order valence-electron chi connectivity index (χ3n) is 5.12. The van der Waals surface area contributed by atoms with Gasteiger partial charge in [-0.15, -0.1) is 11.3 Å². The number of sulfonamides is 1. The van der Waals surface area contributed by atoms with Gasteiger partial charge in [-0.25, -0.2) is 12.8 Å². The molecule has 1 aromatic carbocycles. The predicted octanol–water partition coefficient (Wildman–Crippen LogP) is 3.95. The maximum atomic E-state index is 14.8. The second kappa shape index (κ2) is 9.68. The Balaban J connectivity index is 1.67. The average molecular weight is 486 g/mol. The highest BCUT2D eigenvalue weighted by Crippen LogP contribution is 2.29. The summed E-state index contributed by atoms with van der Waals surface area (Å²) in [4.78, 5) is 16.8. The van der Waals surface area contributed by atoms with Gasteiger partial charge in [0.1, 0.15) is 11.5 Å². The molecule has 0 saturated heterocycles. The fourth-order valence-electron chi connectivity index (χ4n) is 3.58. The van der Waals surface area contributed by atoms with Crippen LogP contribution in [-0.2, 0) is 21.2 Å². The minimum Gasteiger partial charge on any atom is -0.302 e. The average Bonchev–Trinajstić information content (AvgIpc) is 3.27. The topological polar surface area (TPSA) is 69.7 Å². The molecule has 1 N–H and O–H groups in total. The standard InChI is InChI=1S/C21H25ClFN3O3S2/c1-4-18(25(2)3)14-5-7-19(16(23)13-14)26-11-9-17(21(26)27)24-31(28,29)12-10-15-6-8-20(22)30-15/h5-9,13,18,24H,4,10-12H2,1-3H3. The van der Waals surface area contributed by atoms with Crippen LogP contribution in [0.15, 0.2) is 42.1 Å². The van der Waals surface area contributed by atoms with Gasteiger partial charge in [0.05, 0.1) is 15.8 Å².